The van der Waals surface area contributed by atoms with Crippen LogP contribution in [-0.4, -0.2) is 37.7 Å². The second kappa shape index (κ2) is 5.85. The minimum Gasteiger partial charge on any atom is -0.381 e. The highest BCUT2D eigenvalue weighted by Gasteiger charge is 2.20. The van der Waals surface area contributed by atoms with Gasteiger partial charge in [-0.2, -0.15) is 0 Å². The summed E-state index contributed by atoms with van der Waals surface area (Å²) < 4.78 is 18.3. The van der Waals surface area contributed by atoms with Crippen molar-refractivity contribution < 1.29 is 9.13 Å². The largest absolute Gasteiger partial charge is 0.381 e. The molecule has 0 spiro atoms. The number of hydrogen-bond acceptors (Lipinski definition) is 2. The Balaban J connectivity index is 1.58. The summed E-state index contributed by atoms with van der Waals surface area (Å²) >= 11 is 0. The molecule has 0 bridgehead atoms. The lowest BCUT2D eigenvalue weighted by Crippen LogP contribution is -2.33. The molecule has 3 heteroatoms. The van der Waals surface area contributed by atoms with E-state index in [1.165, 1.54) is 12.0 Å². The molecule has 1 saturated heterocycles. The van der Waals surface area contributed by atoms with Crippen LogP contribution in [0, 0.1) is 11.7 Å². The van der Waals surface area contributed by atoms with E-state index in [1.807, 2.05) is 12.1 Å². The Labute approximate surface area is 113 Å². The average molecular weight is 261 g/mol. The lowest BCUT2D eigenvalue weighted by atomic mass is 9.98. The minimum absolute atomic E-state index is 0.164. The van der Waals surface area contributed by atoms with Gasteiger partial charge in [0.1, 0.15) is 5.82 Å². The SMILES string of the molecule is Fc1ccc(C2=CCN(C[C@H]3CCOC3)CC2)cc1. The van der Waals surface area contributed by atoms with Crippen LogP contribution >= 0.6 is 0 Å². The van der Waals surface area contributed by atoms with Crippen LogP contribution in [0.15, 0.2) is 30.3 Å². The van der Waals surface area contributed by atoms with Crippen LogP contribution in [-0.2, 0) is 4.74 Å². The Morgan fingerprint density at radius 1 is 1.26 bits per heavy atom. The zero-order valence-corrected chi connectivity index (χ0v) is 11.1. The fourth-order valence-corrected chi connectivity index (χ4v) is 2.90. The van der Waals surface area contributed by atoms with Crippen molar-refractivity contribution in [2.45, 2.75) is 12.8 Å². The van der Waals surface area contributed by atoms with Crippen molar-refractivity contribution >= 4 is 5.57 Å². The molecule has 0 saturated carbocycles. The molecule has 102 valence electrons. The van der Waals surface area contributed by atoms with Crippen molar-refractivity contribution in [1.82, 2.24) is 4.90 Å². The van der Waals surface area contributed by atoms with E-state index < -0.39 is 0 Å². The molecule has 1 aromatic carbocycles. The summed E-state index contributed by atoms with van der Waals surface area (Å²) in [4.78, 5) is 2.49. The number of nitrogens with zero attached hydrogens (tertiary/aromatic N) is 1. The van der Waals surface area contributed by atoms with E-state index in [0.29, 0.717) is 5.92 Å². The zero-order chi connectivity index (χ0) is 13.1. The average Bonchev–Trinajstić information content (AvgIpc) is 2.94. The summed E-state index contributed by atoms with van der Waals surface area (Å²) in [5.41, 5.74) is 2.50. The second-order valence-corrected chi connectivity index (χ2v) is 5.48. The zero-order valence-electron chi connectivity index (χ0n) is 11.1. The number of halogens is 1. The van der Waals surface area contributed by atoms with Crippen LogP contribution in [0.2, 0.25) is 0 Å². The summed E-state index contributed by atoms with van der Waals surface area (Å²) in [5.74, 6) is 0.545. The van der Waals surface area contributed by atoms with Gasteiger partial charge in [0.2, 0.25) is 0 Å². The van der Waals surface area contributed by atoms with Gasteiger partial charge in [0.05, 0.1) is 6.61 Å². The molecule has 0 unspecified atom stereocenters. The monoisotopic (exact) mass is 261 g/mol. The first kappa shape index (κ1) is 12.8. The Morgan fingerprint density at radius 2 is 2.11 bits per heavy atom. The standard InChI is InChI=1S/C16H20FNO/c17-16-3-1-14(2-4-16)15-5-8-18(9-6-15)11-13-7-10-19-12-13/h1-5,13H,6-12H2/t13-/m1/s1. The van der Waals surface area contributed by atoms with Crippen LogP contribution in [0.1, 0.15) is 18.4 Å². The number of rotatable bonds is 3. The maximum atomic E-state index is 12.9. The Kier molecular flexibility index (Phi) is 3.95. The summed E-state index contributed by atoms with van der Waals surface area (Å²) in [6.45, 7) is 5.09. The molecular formula is C16H20FNO. The topological polar surface area (TPSA) is 12.5 Å². The van der Waals surface area contributed by atoms with E-state index in [0.717, 1.165) is 44.8 Å². The lowest BCUT2D eigenvalue weighted by molar-refractivity contribution is 0.170. The molecule has 0 radical (unpaired) electrons. The van der Waals surface area contributed by atoms with E-state index in [-0.39, 0.29) is 5.82 Å². The highest BCUT2D eigenvalue weighted by Crippen LogP contribution is 2.24. The smallest absolute Gasteiger partial charge is 0.123 e. The fraction of sp³-hybridized carbons (Fsp3) is 0.500. The van der Waals surface area contributed by atoms with Crippen molar-refractivity contribution in [2.24, 2.45) is 5.92 Å². The molecule has 1 fully saturated rings. The first-order valence-corrected chi connectivity index (χ1v) is 7.06. The summed E-state index contributed by atoms with van der Waals surface area (Å²) in [5, 5.41) is 0. The van der Waals surface area contributed by atoms with E-state index in [9.17, 15) is 4.39 Å². The van der Waals surface area contributed by atoms with Crippen LogP contribution in [0.4, 0.5) is 4.39 Å². The Bertz CT molecular complexity index is 448. The minimum atomic E-state index is -0.164. The van der Waals surface area contributed by atoms with Crippen LogP contribution in [0.5, 0.6) is 0 Å². The van der Waals surface area contributed by atoms with Crippen molar-refractivity contribution in [3.8, 4) is 0 Å². The van der Waals surface area contributed by atoms with E-state index >= 15 is 0 Å². The van der Waals surface area contributed by atoms with Crippen molar-refractivity contribution in [3.63, 3.8) is 0 Å². The molecule has 2 aliphatic rings. The number of hydrogen-bond donors (Lipinski definition) is 0. The molecule has 19 heavy (non-hydrogen) atoms. The van der Waals surface area contributed by atoms with Crippen LogP contribution in [0.25, 0.3) is 5.57 Å². The van der Waals surface area contributed by atoms with Crippen molar-refractivity contribution in [3.05, 3.63) is 41.7 Å². The summed E-state index contributed by atoms with van der Waals surface area (Å²) in [6, 6.07) is 6.83. The third-order valence-corrected chi connectivity index (χ3v) is 4.05. The lowest BCUT2D eigenvalue weighted by Gasteiger charge is -2.28. The molecule has 1 atom stereocenters. The molecule has 2 heterocycles. The highest BCUT2D eigenvalue weighted by molar-refractivity contribution is 5.66. The third-order valence-electron chi connectivity index (χ3n) is 4.05. The molecule has 3 rings (SSSR count). The molecule has 2 aliphatic heterocycles. The third kappa shape index (κ3) is 3.23. The molecule has 0 N–H and O–H groups in total. The molecule has 1 aromatic rings. The Morgan fingerprint density at radius 3 is 2.74 bits per heavy atom. The van der Waals surface area contributed by atoms with Crippen LogP contribution < -0.4 is 0 Å². The number of benzene rings is 1. The summed E-state index contributed by atoms with van der Waals surface area (Å²) in [6.07, 6.45) is 4.54. The normalized spacial score (nSPS) is 24.5. The van der Waals surface area contributed by atoms with Gasteiger partial charge in [0.15, 0.2) is 0 Å². The van der Waals surface area contributed by atoms with Gasteiger partial charge < -0.3 is 4.74 Å². The molecular weight excluding hydrogens is 241 g/mol. The van der Waals surface area contributed by atoms with E-state index in [1.54, 1.807) is 12.1 Å². The maximum Gasteiger partial charge on any atom is 0.123 e. The Hall–Kier alpha value is -1.19. The molecule has 0 aromatic heterocycles. The van der Waals surface area contributed by atoms with E-state index in [4.69, 9.17) is 4.74 Å². The first-order chi connectivity index (χ1) is 9.31. The maximum absolute atomic E-state index is 12.9. The van der Waals surface area contributed by atoms with Crippen LogP contribution in [0.3, 0.4) is 0 Å². The quantitative estimate of drug-likeness (QED) is 0.829. The first-order valence-electron chi connectivity index (χ1n) is 7.06. The van der Waals surface area contributed by atoms with Crippen molar-refractivity contribution in [1.29, 1.82) is 0 Å². The molecule has 0 aliphatic carbocycles. The predicted octanol–water partition coefficient (Wildman–Crippen LogP) is 2.95. The van der Waals surface area contributed by atoms with Gasteiger partial charge in [-0.3, -0.25) is 4.90 Å². The van der Waals surface area contributed by atoms with Gasteiger partial charge in [-0.05, 0) is 42.0 Å². The second-order valence-electron chi connectivity index (χ2n) is 5.48. The molecule has 2 nitrogen and oxygen atoms in total. The highest BCUT2D eigenvalue weighted by atomic mass is 19.1. The van der Waals surface area contributed by atoms with Gasteiger partial charge in [-0.25, -0.2) is 4.39 Å². The van der Waals surface area contributed by atoms with E-state index in [2.05, 4.69) is 11.0 Å². The fourth-order valence-electron chi connectivity index (χ4n) is 2.90. The molecule has 0 amide bonds. The van der Waals surface area contributed by atoms with Gasteiger partial charge in [-0.1, -0.05) is 18.2 Å². The van der Waals surface area contributed by atoms with Crippen molar-refractivity contribution in [2.75, 3.05) is 32.8 Å². The summed E-state index contributed by atoms with van der Waals surface area (Å²) in [7, 11) is 0. The predicted molar refractivity (Wildman–Crippen MR) is 74.4 cm³/mol. The van der Waals surface area contributed by atoms with Gasteiger partial charge in [-0.15, -0.1) is 0 Å². The van der Waals surface area contributed by atoms with Gasteiger partial charge >= 0.3 is 0 Å². The number of ether oxygens (including phenoxy) is 1. The van der Waals surface area contributed by atoms with Gasteiger partial charge in [0, 0.05) is 26.2 Å². The van der Waals surface area contributed by atoms with Gasteiger partial charge in [0.25, 0.3) is 0 Å².